The Morgan fingerprint density at radius 2 is 1.74 bits per heavy atom. The summed E-state index contributed by atoms with van der Waals surface area (Å²) in [5, 5.41) is 0. The van der Waals surface area contributed by atoms with Gasteiger partial charge in [-0.15, -0.1) is 0 Å². The van der Waals surface area contributed by atoms with Crippen LogP contribution in [0.15, 0.2) is 79.0 Å². The molecule has 1 unspecified atom stereocenters. The van der Waals surface area contributed by atoms with Crippen molar-refractivity contribution in [3.63, 3.8) is 0 Å². The summed E-state index contributed by atoms with van der Waals surface area (Å²) < 4.78 is 4.83. The second kappa shape index (κ2) is 6.40. The number of allylic oxidation sites excluding steroid dienone is 2. The zero-order valence-electron chi connectivity index (χ0n) is 15.2. The predicted molar refractivity (Wildman–Crippen MR) is 105 cm³/mol. The maximum atomic E-state index is 13.5. The minimum atomic E-state index is -0.781. The first kappa shape index (κ1) is 17.0. The summed E-state index contributed by atoms with van der Waals surface area (Å²) in [6, 6.07) is 16.9. The lowest BCUT2D eigenvalue weighted by Crippen LogP contribution is -2.43. The van der Waals surface area contributed by atoms with E-state index in [1.807, 2.05) is 72.6 Å². The van der Waals surface area contributed by atoms with Gasteiger partial charge in [-0.05, 0) is 36.3 Å². The van der Waals surface area contributed by atoms with Crippen molar-refractivity contribution in [2.75, 3.05) is 7.11 Å². The van der Waals surface area contributed by atoms with E-state index in [-0.39, 0.29) is 5.78 Å². The summed E-state index contributed by atoms with van der Waals surface area (Å²) in [7, 11) is 1.35. The monoisotopic (exact) mass is 357 g/mol. The number of ether oxygens (including phenoxy) is 1. The SMILES string of the molecule is COC(=O)c1cccc(C2=C(c3ccccc3)N3C=CC=CC3(C)C2=O)c1. The minimum absolute atomic E-state index is 0.00367. The number of fused-ring (bicyclic) bond motifs is 1. The highest BCUT2D eigenvalue weighted by Crippen LogP contribution is 2.46. The molecule has 0 saturated heterocycles. The van der Waals surface area contributed by atoms with Gasteiger partial charge in [-0.2, -0.15) is 0 Å². The van der Waals surface area contributed by atoms with Gasteiger partial charge in [0, 0.05) is 6.20 Å². The largest absolute Gasteiger partial charge is 0.465 e. The zero-order valence-corrected chi connectivity index (χ0v) is 15.2. The molecule has 0 radical (unpaired) electrons. The average Bonchev–Trinajstić information content (AvgIpc) is 2.95. The number of methoxy groups -OCH3 is 1. The molecule has 4 rings (SSSR count). The summed E-state index contributed by atoms with van der Waals surface area (Å²) in [4.78, 5) is 27.5. The number of nitrogens with zero attached hydrogens (tertiary/aromatic N) is 1. The number of carbonyl (C=O) groups excluding carboxylic acids is 2. The van der Waals surface area contributed by atoms with Crippen LogP contribution in [0, 0.1) is 0 Å². The fraction of sp³-hybridized carbons (Fsp3) is 0.130. The molecule has 0 aliphatic carbocycles. The number of esters is 1. The molecule has 2 heterocycles. The van der Waals surface area contributed by atoms with E-state index in [2.05, 4.69) is 0 Å². The Labute approximate surface area is 158 Å². The highest BCUT2D eigenvalue weighted by atomic mass is 16.5. The van der Waals surface area contributed by atoms with Crippen LogP contribution >= 0.6 is 0 Å². The van der Waals surface area contributed by atoms with Crippen LogP contribution < -0.4 is 0 Å². The van der Waals surface area contributed by atoms with E-state index in [0.717, 1.165) is 11.3 Å². The Morgan fingerprint density at radius 3 is 2.48 bits per heavy atom. The molecule has 2 aliphatic heterocycles. The number of hydrogen-bond acceptors (Lipinski definition) is 4. The third kappa shape index (κ3) is 2.61. The molecule has 0 amide bonds. The van der Waals surface area contributed by atoms with Crippen LogP contribution in [0.1, 0.15) is 28.4 Å². The Balaban J connectivity index is 1.97. The molecule has 0 spiro atoms. The lowest BCUT2D eigenvalue weighted by Gasteiger charge is -2.34. The van der Waals surface area contributed by atoms with Gasteiger partial charge in [0.2, 0.25) is 0 Å². The molecule has 0 N–H and O–H groups in total. The molecule has 0 aromatic heterocycles. The molecule has 4 nitrogen and oxygen atoms in total. The molecular formula is C23H19NO3. The third-order valence-corrected chi connectivity index (χ3v) is 5.05. The molecule has 2 aliphatic rings. The van der Waals surface area contributed by atoms with Gasteiger partial charge in [0.15, 0.2) is 5.78 Å². The highest BCUT2D eigenvalue weighted by Gasteiger charge is 2.48. The second-order valence-corrected chi connectivity index (χ2v) is 6.71. The third-order valence-electron chi connectivity index (χ3n) is 5.05. The highest BCUT2D eigenvalue weighted by molar-refractivity contribution is 6.35. The van der Waals surface area contributed by atoms with E-state index in [0.29, 0.717) is 16.7 Å². The van der Waals surface area contributed by atoms with Crippen molar-refractivity contribution in [1.29, 1.82) is 0 Å². The maximum absolute atomic E-state index is 13.5. The van der Waals surface area contributed by atoms with Crippen LogP contribution in [0.25, 0.3) is 11.3 Å². The van der Waals surface area contributed by atoms with Gasteiger partial charge in [0.05, 0.1) is 23.9 Å². The molecule has 2 aromatic rings. The molecule has 4 heteroatoms. The summed E-state index contributed by atoms with van der Waals surface area (Å²) in [5.41, 5.74) is 2.74. The smallest absolute Gasteiger partial charge is 0.337 e. The van der Waals surface area contributed by atoms with Gasteiger partial charge in [0.1, 0.15) is 5.54 Å². The van der Waals surface area contributed by atoms with Crippen LogP contribution in [-0.4, -0.2) is 29.3 Å². The van der Waals surface area contributed by atoms with E-state index in [9.17, 15) is 9.59 Å². The van der Waals surface area contributed by atoms with Crippen molar-refractivity contribution in [2.45, 2.75) is 12.5 Å². The quantitative estimate of drug-likeness (QED) is 0.777. The summed E-state index contributed by atoms with van der Waals surface area (Å²) >= 11 is 0. The van der Waals surface area contributed by atoms with Crippen molar-refractivity contribution < 1.29 is 14.3 Å². The minimum Gasteiger partial charge on any atom is -0.465 e. The van der Waals surface area contributed by atoms with Crippen LogP contribution in [0.4, 0.5) is 0 Å². The molecule has 0 saturated carbocycles. The molecule has 27 heavy (non-hydrogen) atoms. The van der Waals surface area contributed by atoms with Crippen LogP contribution in [0.5, 0.6) is 0 Å². The second-order valence-electron chi connectivity index (χ2n) is 6.71. The lowest BCUT2D eigenvalue weighted by molar-refractivity contribution is -0.118. The van der Waals surface area contributed by atoms with Gasteiger partial charge in [0.25, 0.3) is 0 Å². The van der Waals surface area contributed by atoms with Gasteiger partial charge in [-0.3, -0.25) is 4.79 Å². The molecule has 2 aromatic carbocycles. The first-order valence-corrected chi connectivity index (χ1v) is 8.75. The predicted octanol–water partition coefficient (Wildman–Crippen LogP) is 4.07. The summed E-state index contributed by atoms with van der Waals surface area (Å²) in [6.07, 6.45) is 7.66. The number of carbonyl (C=O) groups is 2. The normalized spacial score (nSPS) is 20.8. The zero-order chi connectivity index (χ0) is 19.0. The van der Waals surface area contributed by atoms with E-state index in [1.165, 1.54) is 7.11 Å². The topological polar surface area (TPSA) is 46.6 Å². The van der Waals surface area contributed by atoms with Gasteiger partial charge in [-0.25, -0.2) is 4.79 Å². The molecule has 134 valence electrons. The Bertz CT molecular complexity index is 1020. The summed E-state index contributed by atoms with van der Waals surface area (Å²) in [6.45, 7) is 1.91. The number of Topliss-reactive ketones (excluding diaryl/α,β-unsaturated/α-hetero) is 1. The van der Waals surface area contributed by atoms with Crippen LogP contribution in [0.2, 0.25) is 0 Å². The molecule has 1 atom stereocenters. The first-order valence-electron chi connectivity index (χ1n) is 8.75. The average molecular weight is 357 g/mol. The van der Waals surface area contributed by atoms with Crippen molar-refractivity contribution in [3.8, 4) is 0 Å². The van der Waals surface area contributed by atoms with Crippen LogP contribution in [-0.2, 0) is 9.53 Å². The van der Waals surface area contributed by atoms with Crippen LogP contribution in [0.3, 0.4) is 0 Å². The molecular weight excluding hydrogens is 338 g/mol. The number of hydrogen-bond donors (Lipinski definition) is 0. The maximum Gasteiger partial charge on any atom is 0.337 e. The van der Waals surface area contributed by atoms with Crippen molar-refractivity contribution in [3.05, 3.63) is 95.7 Å². The number of benzene rings is 2. The lowest BCUT2D eigenvalue weighted by atomic mass is 9.89. The van der Waals surface area contributed by atoms with E-state index >= 15 is 0 Å². The Kier molecular flexibility index (Phi) is 4.04. The van der Waals surface area contributed by atoms with Crippen molar-refractivity contribution in [2.24, 2.45) is 0 Å². The summed E-state index contributed by atoms with van der Waals surface area (Å²) in [5.74, 6) is -0.420. The first-order chi connectivity index (χ1) is 13.1. The van der Waals surface area contributed by atoms with Crippen molar-refractivity contribution >= 4 is 23.0 Å². The van der Waals surface area contributed by atoms with Crippen molar-refractivity contribution in [1.82, 2.24) is 4.90 Å². The Morgan fingerprint density at radius 1 is 1.00 bits per heavy atom. The fourth-order valence-corrected chi connectivity index (χ4v) is 3.65. The van der Waals surface area contributed by atoms with E-state index in [4.69, 9.17) is 4.74 Å². The Hall–Kier alpha value is -3.40. The van der Waals surface area contributed by atoms with Gasteiger partial charge < -0.3 is 9.64 Å². The van der Waals surface area contributed by atoms with E-state index in [1.54, 1.807) is 18.2 Å². The standard InChI is InChI=1S/C23H19NO3/c1-23-13-6-7-14-24(23)20(16-9-4-3-5-10-16)19(21(23)25)17-11-8-12-18(15-17)22(26)27-2/h3-15H,1-2H3. The number of ketones is 1. The molecule has 0 fully saturated rings. The van der Waals surface area contributed by atoms with E-state index < -0.39 is 11.5 Å². The fourth-order valence-electron chi connectivity index (χ4n) is 3.65. The van der Waals surface area contributed by atoms with Gasteiger partial charge in [-0.1, -0.05) is 54.6 Å². The van der Waals surface area contributed by atoms with Gasteiger partial charge >= 0.3 is 5.97 Å². The number of rotatable bonds is 3. The molecule has 0 bridgehead atoms.